The van der Waals surface area contributed by atoms with E-state index in [-0.39, 0.29) is 11.9 Å². The van der Waals surface area contributed by atoms with Gasteiger partial charge in [0, 0.05) is 24.7 Å². The summed E-state index contributed by atoms with van der Waals surface area (Å²) < 4.78 is 16.6. The van der Waals surface area contributed by atoms with Crippen molar-refractivity contribution in [3.63, 3.8) is 0 Å². The van der Waals surface area contributed by atoms with Crippen molar-refractivity contribution in [3.05, 3.63) is 46.3 Å². The molecule has 7 nitrogen and oxygen atoms in total. The summed E-state index contributed by atoms with van der Waals surface area (Å²) in [7, 11) is 2.83. The molecule has 0 unspecified atom stereocenters. The number of benzene rings is 1. The van der Waals surface area contributed by atoms with Gasteiger partial charge in [0.1, 0.15) is 0 Å². The summed E-state index contributed by atoms with van der Waals surface area (Å²) in [6.45, 7) is 1.83. The Labute approximate surface area is 128 Å². The number of Topliss-reactive ketones (excluding diaryl/α,β-unsaturated/α-hetero) is 1. The Hall–Kier alpha value is -1.92. The molecule has 4 atom stereocenters. The van der Waals surface area contributed by atoms with Gasteiger partial charge in [-0.15, -0.1) is 0 Å². The lowest BCUT2D eigenvalue weighted by Crippen LogP contribution is -2.64. The molecule has 22 heavy (non-hydrogen) atoms. The molecule has 2 rings (SSSR count). The van der Waals surface area contributed by atoms with Gasteiger partial charge >= 0.3 is 0 Å². The quantitative estimate of drug-likeness (QED) is 0.362. The number of hydrogen-bond acceptors (Lipinski definition) is 5. The van der Waals surface area contributed by atoms with Gasteiger partial charge in [-0.3, -0.25) is 4.79 Å². The Morgan fingerprint density at radius 1 is 1.41 bits per heavy atom. The Kier molecular flexibility index (Phi) is 5.15. The maximum Gasteiger partial charge on any atom is 0.200 e. The maximum absolute atomic E-state index is 13.0. The first-order valence-corrected chi connectivity index (χ1v) is 6.97. The molecule has 0 aliphatic carbocycles. The average Bonchev–Trinajstić information content (AvgIpc) is 2.55. The molecule has 0 radical (unpaired) electrons. The normalized spacial score (nSPS) is 31.3. The van der Waals surface area contributed by atoms with Gasteiger partial charge in [0.25, 0.3) is 0 Å². The number of ketones is 1. The number of carbonyl (C=O) groups excluding carboxylic acids is 1. The molecule has 0 N–H and O–H groups in total. The number of methoxy groups -OCH3 is 2. The molecule has 1 aliphatic rings. The van der Waals surface area contributed by atoms with Crippen molar-refractivity contribution in [1.29, 1.82) is 0 Å². The minimum atomic E-state index is -1.51. The number of ether oxygens (including phenoxy) is 3. The first-order chi connectivity index (χ1) is 10.6. The standard InChI is InChI=1S/C15H19N3O4/c1-10-9-12(17-18-16)15(21-3,14(20-2)22-10)13(19)11-7-5-4-6-8-11/h4-8,10,12,14H,9H2,1-3H3/t10-,12-,14+,15+/m1/s1. The molecule has 1 fully saturated rings. The van der Waals surface area contributed by atoms with Crippen molar-refractivity contribution in [2.45, 2.75) is 37.4 Å². The fourth-order valence-corrected chi connectivity index (χ4v) is 2.84. The van der Waals surface area contributed by atoms with Crippen LogP contribution in [0.2, 0.25) is 0 Å². The van der Waals surface area contributed by atoms with Crippen LogP contribution in [-0.2, 0) is 14.2 Å². The predicted molar refractivity (Wildman–Crippen MR) is 79.4 cm³/mol. The second kappa shape index (κ2) is 6.89. The van der Waals surface area contributed by atoms with Gasteiger partial charge in [-0.2, -0.15) is 0 Å². The first-order valence-electron chi connectivity index (χ1n) is 6.97. The summed E-state index contributed by atoms with van der Waals surface area (Å²) in [4.78, 5) is 15.9. The molecule has 7 heteroatoms. The van der Waals surface area contributed by atoms with Gasteiger partial charge in [-0.05, 0) is 18.9 Å². The smallest absolute Gasteiger partial charge is 0.200 e. The number of carbonyl (C=O) groups is 1. The van der Waals surface area contributed by atoms with Crippen LogP contribution >= 0.6 is 0 Å². The minimum Gasteiger partial charge on any atom is -0.364 e. The summed E-state index contributed by atoms with van der Waals surface area (Å²) in [6, 6.07) is 7.97. The van der Waals surface area contributed by atoms with Crippen LogP contribution < -0.4 is 0 Å². The van der Waals surface area contributed by atoms with E-state index in [0.717, 1.165) is 0 Å². The summed E-state index contributed by atoms with van der Waals surface area (Å²) in [5.74, 6) is -0.327. The highest BCUT2D eigenvalue weighted by Gasteiger charge is 2.57. The predicted octanol–water partition coefficient (Wildman–Crippen LogP) is 2.71. The zero-order valence-electron chi connectivity index (χ0n) is 12.8. The van der Waals surface area contributed by atoms with Crippen molar-refractivity contribution >= 4 is 5.78 Å². The molecule has 0 amide bonds. The van der Waals surface area contributed by atoms with Crippen LogP contribution in [0.5, 0.6) is 0 Å². The molecule has 1 aliphatic heterocycles. The van der Waals surface area contributed by atoms with Crippen LogP contribution in [0.4, 0.5) is 0 Å². The lowest BCUT2D eigenvalue weighted by molar-refractivity contribution is -0.264. The molecule has 1 saturated heterocycles. The van der Waals surface area contributed by atoms with Gasteiger partial charge in [0.15, 0.2) is 17.7 Å². The van der Waals surface area contributed by atoms with Crippen molar-refractivity contribution in [3.8, 4) is 0 Å². The third kappa shape index (κ3) is 2.71. The Morgan fingerprint density at radius 2 is 2.09 bits per heavy atom. The van der Waals surface area contributed by atoms with Crippen LogP contribution in [0.1, 0.15) is 23.7 Å². The van der Waals surface area contributed by atoms with Gasteiger partial charge in [0.2, 0.25) is 0 Å². The van der Waals surface area contributed by atoms with E-state index in [4.69, 9.17) is 19.7 Å². The van der Waals surface area contributed by atoms with E-state index in [2.05, 4.69) is 10.0 Å². The van der Waals surface area contributed by atoms with Crippen LogP contribution in [0.25, 0.3) is 10.4 Å². The van der Waals surface area contributed by atoms with Gasteiger partial charge in [0.05, 0.1) is 12.1 Å². The Bertz CT molecular complexity index is 573. The van der Waals surface area contributed by atoms with Crippen molar-refractivity contribution in [2.75, 3.05) is 14.2 Å². The van der Waals surface area contributed by atoms with Crippen LogP contribution in [-0.4, -0.2) is 44.0 Å². The minimum absolute atomic E-state index is 0.215. The van der Waals surface area contributed by atoms with E-state index in [1.807, 2.05) is 13.0 Å². The fourth-order valence-electron chi connectivity index (χ4n) is 2.84. The second-order valence-electron chi connectivity index (χ2n) is 5.16. The number of nitrogens with zero attached hydrogens (tertiary/aromatic N) is 3. The molecule has 0 spiro atoms. The molecular weight excluding hydrogens is 286 g/mol. The lowest BCUT2D eigenvalue weighted by atomic mass is 9.80. The molecular formula is C15H19N3O4. The highest BCUT2D eigenvalue weighted by Crippen LogP contribution is 2.37. The molecule has 1 aromatic rings. The zero-order valence-corrected chi connectivity index (χ0v) is 12.8. The van der Waals surface area contributed by atoms with Gasteiger partial charge in [-0.1, -0.05) is 35.4 Å². The largest absolute Gasteiger partial charge is 0.364 e. The van der Waals surface area contributed by atoms with E-state index in [0.29, 0.717) is 12.0 Å². The molecule has 0 bridgehead atoms. The lowest BCUT2D eigenvalue weighted by Gasteiger charge is -2.46. The average molecular weight is 305 g/mol. The summed E-state index contributed by atoms with van der Waals surface area (Å²) >= 11 is 0. The van der Waals surface area contributed by atoms with Crippen molar-refractivity contribution in [2.24, 2.45) is 5.11 Å². The molecule has 118 valence electrons. The van der Waals surface area contributed by atoms with Crippen LogP contribution in [0.15, 0.2) is 35.4 Å². The van der Waals surface area contributed by atoms with E-state index < -0.39 is 17.9 Å². The van der Waals surface area contributed by atoms with E-state index in [1.165, 1.54) is 14.2 Å². The fraction of sp³-hybridized carbons (Fsp3) is 0.533. The molecule has 1 heterocycles. The summed E-state index contributed by atoms with van der Waals surface area (Å²) in [5.41, 5.74) is 7.80. The highest BCUT2D eigenvalue weighted by molar-refractivity contribution is 6.03. The molecule has 0 aromatic heterocycles. The third-order valence-electron chi connectivity index (χ3n) is 3.89. The van der Waals surface area contributed by atoms with E-state index in [1.54, 1.807) is 24.3 Å². The topological polar surface area (TPSA) is 93.5 Å². The van der Waals surface area contributed by atoms with Crippen LogP contribution in [0.3, 0.4) is 0 Å². The summed E-state index contributed by atoms with van der Waals surface area (Å²) in [5, 5.41) is 3.78. The van der Waals surface area contributed by atoms with Gasteiger partial charge in [-0.25, -0.2) is 0 Å². The number of rotatable bonds is 5. The number of hydrogen-bond donors (Lipinski definition) is 0. The molecule has 1 aromatic carbocycles. The molecule has 0 saturated carbocycles. The maximum atomic E-state index is 13.0. The zero-order chi connectivity index (χ0) is 16.2. The Morgan fingerprint density at radius 3 is 2.64 bits per heavy atom. The highest BCUT2D eigenvalue weighted by atomic mass is 16.7. The number of azide groups is 1. The van der Waals surface area contributed by atoms with Gasteiger partial charge < -0.3 is 14.2 Å². The van der Waals surface area contributed by atoms with E-state index in [9.17, 15) is 4.79 Å². The summed E-state index contributed by atoms with van der Waals surface area (Å²) in [6.07, 6.45) is -0.798. The monoisotopic (exact) mass is 305 g/mol. The van der Waals surface area contributed by atoms with Crippen molar-refractivity contribution < 1.29 is 19.0 Å². The first kappa shape index (κ1) is 16.5. The Balaban J connectivity index is 2.53. The SMILES string of the molecule is CO[C@H]1O[C@H](C)C[C@@H](N=[N+]=[N-])[C@]1(OC)C(=O)c1ccccc1. The third-order valence-corrected chi connectivity index (χ3v) is 3.89. The van der Waals surface area contributed by atoms with E-state index >= 15 is 0 Å². The van der Waals surface area contributed by atoms with Crippen LogP contribution in [0, 0.1) is 0 Å². The second-order valence-corrected chi connectivity index (χ2v) is 5.16. The van der Waals surface area contributed by atoms with Crippen molar-refractivity contribution in [1.82, 2.24) is 0 Å².